The number of nitrogens with zero attached hydrogens (tertiary/aromatic N) is 2. The Kier molecular flexibility index (Phi) is 4.53. The molecule has 1 aliphatic rings. The van der Waals surface area contributed by atoms with Gasteiger partial charge >= 0.3 is 0 Å². The fourth-order valence-corrected chi connectivity index (χ4v) is 5.86. The third kappa shape index (κ3) is 3.67. The quantitative estimate of drug-likeness (QED) is 0.711. The van der Waals surface area contributed by atoms with Gasteiger partial charge in [-0.25, -0.2) is 13.4 Å². The highest BCUT2D eigenvalue weighted by Crippen LogP contribution is 2.23. The summed E-state index contributed by atoms with van der Waals surface area (Å²) in [6, 6.07) is 13.8. The molecule has 1 N–H and O–H groups in total. The molecule has 0 aliphatic carbocycles. The normalized spacial score (nSPS) is 20.6. The third-order valence-corrected chi connectivity index (χ3v) is 7.15. The van der Waals surface area contributed by atoms with Crippen LogP contribution in [-0.2, 0) is 9.84 Å². The molecule has 150 valence electrons. The van der Waals surface area contributed by atoms with Crippen LogP contribution < -0.4 is 10.9 Å². The first-order valence-electron chi connectivity index (χ1n) is 9.29. The molecule has 1 aliphatic heterocycles. The van der Waals surface area contributed by atoms with Crippen LogP contribution in [0, 0.1) is 6.92 Å². The van der Waals surface area contributed by atoms with Crippen molar-refractivity contribution in [3.8, 4) is 5.69 Å². The highest BCUT2D eigenvalue weighted by atomic mass is 32.2. The number of nitrogens with one attached hydrogen (secondary N) is 1. The number of fused-ring (bicyclic) bond motifs is 1. The zero-order valence-corrected chi connectivity index (χ0v) is 17.0. The number of hydrogen-bond acceptors (Lipinski definition) is 5. The lowest BCUT2D eigenvalue weighted by molar-refractivity contribution is 0.0915. The minimum atomic E-state index is -3.11. The van der Waals surface area contributed by atoms with Gasteiger partial charge in [0.05, 0.1) is 33.6 Å². The predicted molar refractivity (Wildman–Crippen MR) is 111 cm³/mol. The number of sulfone groups is 1. The number of carbonyl (C=O) groups excluding carboxylic acids is 1. The summed E-state index contributed by atoms with van der Waals surface area (Å²) in [4.78, 5) is 30.0. The average Bonchev–Trinajstić information content (AvgIpc) is 2.95. The zero-order valence-electron chi connectivity index (χ0n) is 16.2. The maximum absolute atomic E-state index is 12.9. The second-order valence-corrected chi connectivity index (χ2v) is 9.90. The number of benzene rings is 2. The van der Waals surface area contributed by atoms with Gasteiger partial charge in [0, 0.05) is 5.56 Å². The van der Waals surface area contributed by atoms with Crippen molar-refractivity contribution in [2.45, 2.75) is 25.8 Å². The molecule has 1 unspecified atom stereocenters. The van der Waals surface area contributed by atoms with E-state index in [1.54, 1.807) is 56.3 Å². The topological polar surface area (TPSA) is 98.1 Å². The molecule has 2 aromatic carbocycles. The smallest absolute Gasteiger partial charge is 0.265 e. The molecule has 8 heteroatoms. The zero-order chi connectivity index (χ0) is 20.8. The van der Waals surface area contributed by atoms with Crippen LogP contribution in [0.1, 0.15) is 29.5 Å². The maximum Gasteiger partial charge on any atom is 0.265 e. The summed E-state index contributed by atoms with van der Waals surface area (Å²) < 4.78 is 25.0. The van der Waals surface area contributed by atoms with Crippen LogP contribution in [-0.4, -0.2) is 40.9 Å². The monoisotopic (exact) mass is 411 g/mol. The van der Waals surface area contributed by atoms with Crippen molar-refractivity contribution in [3.63, 3.8) is 0 Å². The van der Waals surface area contributed by atoms with Crippen LogP contribution in [0.4, 0.5) is 0 Å². The van der Waals surface area contributed by atoms with E-state index in [1.807, 2.05) is 6.07 Å². The van der Waals surface area contributed by atoms with Crippen LogP contribution in [0.3, 0.4) is 0 Å². The summed E-state index contributed by atoms with van der Waals surface area (Å²) in [7, 11) is -3.11. The number of hydrogen-bond donors (Lipinski definition) is 1. The van der Waals surface area contributed by atoms with E-state index in [0.717, 1.165) is 0 Å². The first-order valence-corrected chi connectivity index (χ1v) is 11.1. The Morgan fingerprint density at radius 2 is 1.83 bits per heavy atom. The number of aromatic nitrogens is 2. The fourth-order valence-electron chi connectivity index (χ4n) is 3.76. The van der Waals surface area contributed by atoms with Gasteiger partial charge in [-0.05, 0) is 56.7 Å². The first-order chi connectivity index (χ1) is 13.7. The highest BCUT2D eigenvalue weighted by Gasteiger charge is 2.39. The second-order valence-electron chi connectivity index (χ2n) is 7.72. The van der Waals surface area contributed by atoms with Crippen molar-refractivity contribution in [1.29, 1.82) is 0 Å². The molecule has 1 amide bonds. The van der Waals surface area contributed by atoms with E-state index in [9.17, 15) is 18.0 Å². The standard InChI is InChI=1S/C21H21N3O4S/c1-14-22-18-6-4-3-5-17(18)20(26)24(14)16-9-7-15(8-10-16)19(25)23-21(2)11-12-29(27,28)13-21/h3-10H,11-13H2,1-2H3,(H,23,25). The third-order valence-electron chi connectivity index (χ3n) is 5.25. The molecule has 1 saturated heterocycles. The van der Waals surface area contributed by atoms with E-state index in [-0.39, 0.29) is 23.0 Å². The minimum Gasteiger partial charge on any atom is -0.346 e. The van der Waals surface area contributed by atoms with Gasteiger partial charge in [0.2, 0.25) is 0 Å². The Balaban J connectivity index is 1.63. The predicted octanol–water partition coefficient (Wildman–Crippen LogP) is 2.00. The molecular weight excluding hydrogens is 390 g/mol. The molecule has 2 heterocycles. The lowest BCUT2D eigenvalue weighted by atomic mass is 10.0. The van der Waals surface area contributed by atoms with Crippen molar-refractivity contribution < 1.29 is 13.2 Å². The molecular formula is C21H21N3O4S. The van der Waals surface area contributed by atoms with Gasteiger partial charge in [-0.15, -0.1) is 0 Å². The summed E-state index contributed by atoms with van der Waals surface area (Å²) in [6.45, 7) is 3.50. The number of amides is 1. The van der Waals surface area contributed by atoms with Gasteiger partial charge in [0.25, 0.3) is 11.5 Å². The van der Waals surface area contributed by atoms with Crippen molar-refractivity contribution in [2.75, 3.05) is 11.5 Å². The SMILES string of the molecule is Cc1nc2ccccc2c(=O)n1-c1ccc(C(=O)NC2(C)CCS(=O)(=O)C2)cc1. The number of para-hydroxylation sites is 1. The van der Waals surface area contributed by atoms with Gasteiger partial charge in [-0.2, -0.15) is 0 Å². The Morgan fingerprint density at radius 3 is 2.48 bits per heavy atom. The van der Waals surface area contributed by atoms with E-state index >= 15 is 0 Å². The molecule has 3 aromatic rings. The van der Waals surface area contributed by atoms with Crippen molar-refractivity contribution in [2.24, 2.45) is 0 Å². The van der Waals surface area contributed by atoms with Crippen LogP contribution in [0.15, 0.2) is 53.3 Å². The Labute approximate surface area is 168 Å². The summed E-state index contributed by atoms with van der Waals surface area (Å²) in [5, 5.41) is 3.36. The van der Waals surface area contributed by atoms with Gasteiger partial charge in [-0.1, -0.05) is 12.1 Å². The number of aryl methyl sites for hydroxylation is 1. The van der Waals surface area contributed by atoms with Crippen LogP contribution in [0.2, 0.25) is 0 Å². The van der Waals surface area contributed by atoms with Gasteiger partial charge in [-0.3, -0.25) is 14.2 Å². The van der Waals surface area contributed by atoms with E-state index < -0.39 is 15.4 Å². The Bertz CT molecular complexity index is 1280. The molecule has 1 aromatic heterocycles. The molecule has 7 nitrogen and oxygen atoms in total. The van der Waals surface area contributed by atoms with E-state index in [1.165, 1.54) is 4.57 Å². The van der Waals surface area contributed by atoms with Crippen LogP contribution >= 0.6 is 0 Å². The maximum atomic E-state index is 12.9. The van der Waals surface area contributed by atoms with E-state index in [2.05, 4.69) is 10.3 Å². The lowest BCUT2D eigenvalue weighted by Crippen LogP contribution is -2.46. The molecule has 1 atom stereocenters. The molecule has 0 spiro atoms. The van der Waals surface area contributed by atoms with Gasteiger partial charge < -0.3 is 5.32 Å². The summed E-state index contributed by atoms with van der Waals surface area (Å²) >= 11 is 0. The Hall–Kier alpha value is -3.00. The Morgan fingerprint density at radius 1 is 1.14 bits per heavy atom. The van der Waals surface area contributed by atoms with E-state index in [4.69, 9.17) is 0 Å². The summed E-state index contributed by atoms with van der Waals surface area (Å²) in [5.41, 5.74) is 0.719. The molecule has 0 bridgehead atoms. The average molecular weight is 411 g/mol. The van der Waals surface area contributed by atoms with Crippen LogP contribution in [0.25, 0.3) is 16.6 Å². The summed E-state index contributed by atoms with van der Waals surface area (Å²) in [6.07, 6.45) is 0.399. The van der Waals surface area contributed by atoms with Crippen molar-refractivity contribution >= 4 is 26.6 Å². The highest BCUT2D eigenvalue weighted by molar-refractivity contribution is 7.91. The lowest BCUT2D eigenvalue weighted by Gasteiger charge is -2.24. The molecule has 0 saturated carbocycles. The number of rotatable bonds is 3. The van der Waals surface area contributed by atoms with Crippen LogP contribution in [0.5, 0.6) is 0 Å². The first kappa shape index (κ1) is 19.3. The van der Waals surface area contributed by atoms with Crippen molar-refractivity contribution in [1.82, 2.24) is 14.9 Å². The molecule has 1 fully saturated rings. The van der Waals surface area contributed by atoms with E-state index in [0.29, 0.717) is 34.4 Å². The molecule has 29 heavy (non-hydrogen) atoms. The summed E-state index contributed by atoms with van der Waals surface area (Å²) in [5.74, 6) is 0.243. The second kappa shape index (κ2) is 6.81. The van der Waals surface area contributed by atoms with Gasteiger partial charge in [0.15, 0.2) is 9.84 Å². The fraction of sp³-hybridized carbons (Fsp3) is 0.286. The molecule has 4 rings (SSSR count). The van der Waals surface area contributed by atoms with Gasteiger partial charge in [0.1, 0.15) is 5.82 Å². The minimum absolute atomic E-state index is 0.0544. The number of carbonyl (C=O) groups is 1. The molecule has 0 radical (unpaired) electrons. The van der Waals surface area contributed by atoms with Crippen molar-refractivity contribution in [3.05, 3.63) is 70.3 Å². The largest absolute Gasteiger partial charge is 0.346 e.